The van der Waals surface area contributed by atoms with Gasteiger partial charge in [0.15, 0.2) is 0 Å². The zero-order valence-corrected chi connectivity index (χ0v) is 15.5. The van der Waals surface area contributed by atoms with Crippen molar-refractivity contribution in [1.82, 2.24) is 19.4 Å². The molecule has 1 fully saturated rings. The predicted octanol–water partition coefficient (Wildman–Crippen LogP) is 2.06. The van der Waals surface area contributed by atoms with E-state index in [4.69, 9.17) is 0 Å². The van der Waals surface area contributed by atoms with Crippen LogP contribution in [0.2, 0.25) is 0 Å². The van der Waals surface area contributed by atoms with Gasteiger partial charge in [-0.25, -0.2) is 9.78 Å². The first-order chi connectivity index (χ1) is 12.5. The van der Waals surface area contributed by atoms with Gasteiger partial charge in [-0.15, -0.1) is 0 Å². The molecule has 2 heterocycles. The molecular formula is C20H26N4O2. The smallest absolute Gasteiger partial charge is 0.334 e. The van der Waals surface area contributed by atoms with Crippen LogP contribution in [-0.4, -0.2) is 45.9 Å². The van der Waals surface area contributed by atoms with Crippen LogP contribution in [0.5, 0.6) is 0 Å². The van der Waals surface area contributed by atoms with Crippen LogP contribution < -0.4 is 5.69 Å². The molecule has 1 aliphatic heterocycles. The largest absolute Gasteiger partial charge is 0.347 e. The van der Waals surface area contributed by atoms with E-state index in [1.54, 1.807) is 12.3 Å². The van der Waals surface area contributed by atoms with Crippen molar-refractivity contribution >= 4 is 5.91 Å². The molecule has 0 bridgehead atoms. The van der Waals surface area contributed by atoms with E-state index in [2.05, 4.69) is 48.2 Å². The molecule has 6 nitrogen and oxygen atoms in total. The number of carbonyl (C=O) groups is 1. The molecule has 0 aliphatic carbocycles. The first-order valence-electron chi connectivity index (χ1n) is 9.09. The number of hydrogen-bond donors (Lipinski definition) is 0. The molecule has 6 heteroatoms. The molecule has 0 radical (unpaired) electrons. The number of rotatable bonds is 5. The van der Waals surface area contributed by atoms with Crippen molar-refractivity contribution in [2.45, 2.75) is 38.4 Å². The number of hydrogen-bond acceptors (Lipinski definition) is 4. The Hall–Kier alpha value is -2.47. The Morgan fingerprint density at radius 2 is 2.00 bits per heavy atom. The van der Waals surface area contributed by atoms with Crippen LogP contribution in [0.15, 0.2) is 47.5 Å². The summed E-state index contributed by atoms with van der Waals surface area (Å²) in [7, 11) is 4.10. The second kappa shape index (κ2) is 8.27. The molecule has 0 spiro atoms. The summed E-state index contributed by atoms with van der Waals surface area (Å²) < 4.78 is 1.37. The van der Waals surface area contributed by atoms with E-state index in [0.29, 0.717) is 0 Å². The molecule has 1 aromatic carbocycles. The highest BCUT2D eigenvalue weighted by molar-refractivity contribution is 5.76. The fourth-order valence-electron chi connectivity index (χ4n) is 3.53. The van der Waals surface area contributed by atoms with Gasteiger partial charge < -0.3 is 9.80 Å². The standard InChI is InChI=1S/C20H26N4O2/c1-22(2)14-16-7-9-17(10-8-16)18-6-3-4-13-24(18)19(25)15-23-12-5-11-21-20(23)26/h5,7-12,18H,3-4,6,13-15H2,1-2H3/t18-/m1/s1. The highest BCUT2D eigenvalue weighted by Gasteiger charge is 2.28. The topological polar surface area (TPSA) is 58.4 Å². The zero-order valence-electron chi connectivity index (χ0n) is 15.5. The van der Waals surface area contributed by atoms with Crippen LogP contribution in [0.1, 0.15) is 36.4 Å². The Balaban J connectivity index is 1.76. The molecule has 0 unspecified atom stereocenters. The molecular weight excluding hydrogens is 328 g/mol. The molecule has 0 N–H and O–H groups in total. The molecule has 26 heavy (non-hydrogen) atoms. The van der Waals surface area contributed by atoms with E-state index in [1.165, 1.54) is 21.9 Å². The van der Waals surface area contributed by atoms with E-state index in [9.17, 15) is 9.59 Å². The van der Waals surface area contributed by atoms with Crippen molar-refractivity contribution in [3.63, 3.8) is 0 Å². The average Bonchev–Trinajstić information content (AvgIpc) is 2.64. The lowest BCUT2D eigenvalue weighted by atomic mass is 9.94. The number of nitrogens with zero attached hydrogens (tertiary/aromatic N) is 4. The summed E-state index contributed by atoms with van der Waals surface area (Å²) in [6.45, 7) is 1.68. The van der Waals surface area contributed by atoms with Crippen molar-refractivity contribution in [3.8, 4) is 0 Å². The van der Waals surface area contributed by atoms with Gasteiger partial charge in [-0.3, -0.25) is 9.36 Å². The van der Waals surface area contributed by atoms with Gasteiger partial charge in [0.1, 0.15) is 6.54 Å². The third kappa shape index (κ3) is 4.38. The summed E-state index contributed by atoms with van der Waals surface area (Å²) in [5.41, 5.74) is 2.04. The van der Waals surface area contributed by atoms with Crippen LogP contribution in [0, 0.1) is 0 Å². The summed E-state index contributed by atoms with van der Waals surface area (Å²) in [6, 6.07) is 10.3. The predicted molar refractivity (Wildman–Crippen MR) is 101 cm³/mol. The van der Waals surface area contributed by atoms with Crippen LogP contribution in [0.4, 0.5) is 0 Å². The number of benzene rings is 1. The Bertz CT molecular complexity index is 798. The molecule has 1 aliphatic rings. The lowest BCUT2D eigenvalue weighted by Gasteiger charge is -2.36. The number of carbonyl (C=O) groups excluding carboxylic acids is 1. The summed E-state index contributed by atoms with van der Waals surface area (Å²) in [5.74, 6) is -0.0258. The highest BCUT2D eigenvalue weighted by atomic mass is 16.2. The molecule has 1 aromatic heterocycles. The lowest BCUT2D eigenvalue weighted by Crippen LogP contribution is -2.41. The maximum absolute atomic E-state index is 12.8. The van der Waals surface area contributed by atoms with Gasteiger partial charge in [0.25, 0.3) is 0 Å². The SMILES string of the molecule is CN(C)Cc1ccc([C@H]2CCCCN2C(=O)Cn2cccnc2=O)cc1. The van der Waals surface area contributed by atoms with Crippen molar-refractivity contribution < 1.29 is 4.79 Å². The minimum absolute atomic E-state index is 0.0258. The normalized spacial score (nSPS) is 17.5. The number of amides is 1. The molecule has 0 saturated carbocycles. The van der Waals surface area contributed by atoms with Crippen molar-refractivity contribution in [1.29, 1.82) is 0 Å². The van der Waals surface area contributed by atoms with Crippen LogP contribution >= 0.6 is 0 Å². The molecule has 2 aromatic rings. The molecule has 1 atom stereocenters. The summed E-state index contributed by atoms with van der Waals surface area (Å²) in [6.07, 6.45) is 6.13. The number of piperidine rings is 1. The van der Waals surface area contributed by atoms with E-state index in [1.807, 2.05) is 4.90 Å². The van der Waals surface area contributed by atoms with Gasteiger partial charge in [-0.2, -0.15) is 0 Å². The van der Waals surface area contributed by atoms with Crippen LogP contribution in [-0.2, 0) is 17.9 Å². The Morgan fingerprint density at radius 1 is 1.23 bits per heavy atom. The first kappa shape index (κ1) is 18.3. The second-order valence-corrected chi connectivity index (χ2v) is 7.11. The first-order valence-corrected chi connectivity index (χ1v) is 9.09. The minimum Gasteiger partial charge on any atom is -0.334 e. The Kier molecular flexibility index (Phi) is 5.83. The van der Waals surface area contributed by atoms with Gasteiger partial charge in [-0.05, 0) is 50.6 Å². The molecule has 3 rings (SSSR count). The zero-order chi connectivity index (χ0) is 18.5. The molecule has 1 amide bonds. The highest BCUT2D eigenvalue weighted by Crippen LogP contribution is 2.31. The van der Waals surface area contributed by atoms with Gasteiger partial charge in [0.05, 0.1) is 6.04 Å². The third-order valence-corrected chi connectivity index (χ3v) is 4.77. The van der Waals surface area contributed by atoms with Crippen molar-refractivity contribution in [2.75, 3.05) is 20.6 Å². The van der Waals surface area contributed by atoms with Gasteiger partial charge >= 0.3 is 5.69 Å². The summed E-state index contributed by atoms with van der Waals surface area (Å²) in [4.78, 5) is 32.4. The molecule has 138 valence electrons. The minimum atomic E-state index is -0.387. The van der Waals surface area contributed by atoms with Gasteiger partial charge in [0.2, 0.25) is 5.91 Å². The lowest BCUT2D eigenvalue weighted by molar-refractivity contribution is -0.135. The maximum Gasteiger partial charge on any atom is 0.347 e. The molecule has 1 saturated heterocycles. The van der Waals surface area contributed by atoms with Crippen molar-refractivity contribution in [3.05, 3.63) is 64.3 Å². The summed E-state index contributed by atoms with van der Waals surface area (Å²) in [5, 5.41) is 0. The average molecular weight is 354 g/mol. The van der Waals surface area contributed by atoms with Crippen LogP contribution in [0.25, 0.3) is 0 Å². The number of aromatic nitrogens is 2. The van der Waals surface area contributed by atoms with E-state index >= 15 is 0 Å². The third-order valence-electron chi connectivity index (χ3n) is 4.77. The monoisotopic (exact) mass is 354 g/mol. The van der Waals surface area contributed by atoms with E-state index in [-0.39, 0.29) is 24.2 Å². The Labute approximate surface area is 154 Å². The summed E-state index contributed by atoms with van der Waals surface area (Å²) >= 11 is 0. The van der Waals surface area contributed by atoms with E-state index in [0.717, 1.165) is 32.4 Å². The number of likely N-dealkylation sites (tertiary alicyclic amines) is 1. The fraction of sp³-hybridized carbons (Fsp3) is 0.450. The van der Waals surface area contributed by atoms with Crippen LogP contribution in [0.3, 0.4) is 0 Å². The van der Waals surface area contributed by atoms with E-state index < -0.39 is 0 Å². The maximum atomic E-state index is 12.8. The van der Waals surface area contributed by atoms with Gasteiger partial charge in [0, 0.05) is 25.5 Å². The van der Waals surface area contributed by atoms with Gasteiger partial charge in [-0.1, -0.05) is 24.3 Å². The second-order valence-electron chi connectivity index (χ2n) is 7.11. The fourth-order valence-corrected chi connectivity index (χ4v) is 3.53. The quantitative estimate of drug-likeness (QED) is 0.825. The van der Waals surface area contributed by atoms with Crippen molar-refractivity contribution in [2.24, 2.45) is 0 Å². The Morgan fingerprint density at radius 3 is 2.69 bits per heavy atom.